The van der Waals surface area contributed by atoms with Crippen LogP contribution in [0.5, 0.6) is 5.75 Å². The van der Waals surface area contributed by atoms with Gasteiger partial charge in [0.1, 0.15) is 12.2 Å². The highest BCUT2D eigenvalue weighted by Gasteiger charge is 2.69. The molecular weight excluding hydrogens is 564 g/mol. The topological polar surface area (TPSA) is 96.9 Å². The number of aromatic hydroxyl groups is 1. The largest absolute Gasteiger partial charge is 0.508 e. The molecule has 2 heterocycles. The van der Waals surface area contributed by atoms with E-state index in [1.54, 1.807) is 12.1 Å². The minimum absolute atomic E-state index is 0.118. The third kappa shape index (κ3) is 5.52. The molecule has 7 rings (SSSR count). The molecule has 7 heteroatoms. The SMILES string of the molecule is C[C@@H]1CC[C@@]2(OC1)O[C@H]1C[C@H]3[C@@H]4CC[C@@H]5C[C@@H](NC(=O)CC(=O)NCCc6ccc(O)cc6)CC[C@]5(C)[C@H]4CC[C@]3(C)[C@H]1[C@@H]2C. The van der Waals surface area contributed by atoms with Gasteiger partial charge in [0, 0.05) is 24.9 Å². The highest BCUT2D eigenvalue weighted by atomic mass is 16.7. The van der Waals surface area contributed by atoms with Crippen LogP contribution in [0.1, 0.15) is 104 Å². The van der Waals surface area contributed by atoms with Gasteiger partial charge in [-0.15, -0.1) is 0 Å². The van der Waals surface area contributed by atoms with Crippen molar-refractivity contribution in [2.45, 2.75) is 123 Å². The summed E-state index contributed by atoms with van der Waals surface area (Å²) in [7, 11) is 0. The first-order valence-corrected chi connectivity index (χ1v) is 18.2. The lowest BCUT2D eigenvalue weighted by atomic mass is 9.44. The number of benzene rings is 1. The fraction of sp³-hybridized carbons (Fsp3) is 0.789. The van der Waals surface area contributed by atoms with Gasteiger partial charge in [0.2, 0.25) is 11.8 Å². The number of carbonyl (C=O) groups is 2. The fourth-order valence-electron chi connectivity index (χ4n) is 11.9. The molecule has 1 aromatic rings. The molecule has 3 N–H and O–H groups in total. The smallest absolute Gasteiger partial charge is 0.229 e. The van der Waals surface area contributed by atoms with E-state index >= 15 is 0 Å². The summed E-state index contributed by atoms with van der Waals surface area (Å²) in [6, 6.07) is 7.15. The van der Waals surface area contributed by atoms with E-state index < -0.39 is 0 Å². The molecule has 1 spiro atoms. The molecule has 1 aromatic carbocycles. The van der Waals surface area contributed by atoms with Crippen molar-refractivity contribution in [1.29, 1.82) is 0 Å². The summed E-state index contributed by atoms with van der Waals surface area (Å²) in [5, 5.41) is 15.5. The second-order valence-electron chi connectivity index (χ2n) is 16.7. The van der Waals surface area contributed by atoms with Crippen LogP contribution in [-0.4, -0.2) is 48.0 Å². The molecule has 6 aliphatic rings. The Balaban J connectivity index is 0.919. The van der Waals surface area contributed by atoms with Crippen LogP contribution < -0.4 is 10.6 Å². The minimum Gasteiger partial charge on any atom is -0.508 e. The quantitative estimate of drug-likeness (QED) is 0.321. The Morgan fingerprint density at radius 2 is 1.69 bits per heavy atom. The molecule has 0 bridgehead atoms. The zero-order valence-electron chi connectivity index (χ0n) is 28.0. The Morgan fingerprint density at radius 1 is 0.911 bits per heavy atom. The summed E-state index contributed by atoms with van der Waals surface area (Å²) in [5.41, 5.74) is 1.72. The van der Waals surface area contributed by atoms with Crippen molar-refractivity contribution in [3.05, 3.63) is 29.8 Å². The number of phenolic OH excluding ortho intramolecular Hbond substituents is 1. The van der Waals surface area contributed by atoms with Crippen LogP contribution in [0.3, 0.4) is 0 Å². The van der Waals surface area contributed by atoms with E-state index in [2.05, 4.69) is 38.3 Å². The Labute approximate surface area is 270 Å². The van der Waals surface area contributed by atoms with Crippen LogP contribution in [0.2, 0.25) is 0 Å². The molecule has 7 nitrogen and oxygen atoms in total. The first kappa shape index (κ1) is 31.5. The van der Waals surface area contributed by atoms with Crippen LogP contribution in [0.25, 0.3) is 0 Å². The van der Waals surface area contributed by atoms with Crippen LogP contribution in [-0.2, 0) is 25.5 Å². The van der Waals surface area contributed by atoms with Crippen LogP contribution in [0.4, 0.5) is 0 Å². The van der Waals surface area contributed by atoms with Crippen LogP contribution in [0, 0.1) is 52.3 Å². The van der Waals surface area contributed by atoms with Crippen LogP contribution >= 0.6 is 0 Å². The van der Waals surface area contributed by atoms with Gasteiger partial charge in [-0.05, 0) is 128 Å². The maximum absolute atomic E-state index is 12.9. The third-order valence-corrected chi connectivity index (χ3v) is 14.3. The molecule has 0 radical (unpaired) electrons. The fourth-order valence-corrected chi connectivity index (χ4v) is 11.9. The maximum Gasteiger partial charge on any atom is 0.229 e. The lowest BCUT2D eigenvalue weighted by molar-refractivity contribution is -0.273. The second kappa shape index (κ2) is 11.8. The lowest BCUT2D eigenvalue weighted by Gasteiger charge is -2.61. The van der Waals surface area contributed by atoms with E-state index in [1.807, 2.05) is 12.1 Å². The zero-order valence-corrected chi connectivity index (χ0v) is 28.0. The van der Waals surface area contributed by atoms with E-state index in [0.717, 1.165) is 49.2 Å². The van der Waals surface area contributed by atoms with Crippen molar-refractivity contribution in [3.8, 4) is 5.75 Å². The van der Waals surface area contributed by atoms with E-state index in [0.29, 0.717) is 53.6 Å². The molecule has 2 saturated heterocycles. The van der Waals surface area contributed by atoms with Gasteiger partial charge in [-0.25, -0.2) is 0 Å². The molecule has 6 fully saturated rings. The molecular formula is C38H56N2O5. The highest BCUT2D eigenvalue weighted by molar-refractivity contribution is 5.96. The highest BCUT2D eigenvalue weighted by Crippen LogP contribution is 2.71. The van der Waals surface area contributed by atoms with E-state index in [4.69, 9.17) is 9.47 Å². The van der Waals surface area contributed by atoms with Gasteiger partial charge in [0.25, 0.3) is 0 Å². The van der Waals surface area contributed by atoms with Crippen molar-refractivity contribution in [3.63, 3.8) is 0 Å². The summed E-state index contributed by atoms with van der Waals surface area (Å²) in [5.74, 6) is 4.15. The Kier molecular flexibility index (Phi) is 8.28. The van der Waals surface area contributed by atoms with Crippen molar-refractivity contribution in [2.24, 2.45) is 52.3 Å². The normalized spacial score (nSPS) is 45.2. The molecule has 248 valence electrons. The van der Waals surface area contributed by atoms with Crippen molar-refractivity contribution >= 4 is 11.8 Å². The maximum atomic E-state index is 12.9. The molecule has 0 aromatic heterocycles. The van der Waals surface area contributed by atoms with E-state index in [-0.39, 0.29) is 35.8 Å². The molecule has 4 saturated carbocycles. The first-order chi connectivity index (χ1) is 21.5. The number of nitrogens with one attached hydrogen (secondary N) is 2. The summed E-state index contributed by atoms with van der Waals surface area (Å²) in [6.07, 6.45) is 12.8. The van der Waals surface area contributed by atoms with Crippen molar-refractivity contribution < 1.29 is 24.2 Å². The molecule has 4 aliphatic carbocycles. The van der Waals surface area contributed by atoms with Crippen molar-refractivity contribution in [2.75, 3.05) is 13.2 Å². The number of carbonyl (C=O) groups excluding carboxylic acids is 2. The van der Waals surface area contributed by atoms with E-state index in [9.17, 15) is 14.7 Å². The minimum atomic E-state index is -0.340. The second-order valence-corrected chi connectivity index (χ2v) is 16.7. The summed E-state index contributed by atoms with van der Waals surface area (Å²) < 4.78 is 13.5. The van der Waals surface area contributed by atoms with Gasteiger partial charge in [0.15, 0.2) is 5.79 Å². The van der Waals surface area contributed by atoms with Gasteiger partial charge in [-0.2, -0.15) is 0 Å². The first-order valence-electron chi connectivity index (χ1n) is 18.2. The number of ether oxygens (including phenoxy) is 2. The monoisotopic (exact) mass is 620 g/mol. The lowest BCUT2D eigenvalue weighted by Crippen LogP contribution is -2.56. The number of hydrogen-bond acceptors (Lipinski definition) is 5. The van der Waals surface area contributed by atoms with Crippen LogP contribution in [0.15, 0.2) is 24.3 Å². The molecule has 0 unspecified atom stereocenters. The average Bonchev–Trinajstić information content (AvgIpc) is 3.45. The molecule has 2 amide bonds. The molecule has 2 aliphatic heterocycles. The number of hydrogen-bond donors (Lipinski definition) is 3. The van der Waals surface area contributed by atoms with Gasteiger partial charge >= 0.3 is 0 Å². The zero-order chi connectivity index (χ0) is 31.6. The third-order valence-electron chi connectivity index (χ3n) is 14.3. The Bertz CT molecular complexity index is 1260. The van der Waals surface area contributed by atoms with Gasteiger partial charge in [0.05, 0.1) is 12.7 Å². The van der Waals surface area contributed by atoms with Gasteiger partial charge in [-0.1, -0.05) is 39.8 Å². The van der Waals surface area contributed by atoms with Crippen molar-refractivity contribution in [1.82, 2.24) is 10.6 Å². The standard InChI is InChI=1S/C38H56N2O5/c1-23-11-17-38(44-22-23)24(2)35-32(45-38)20-31-29-10-7-26-19-27(12-15-36(26,3)30(29)13-16-37(31,35)4)40-34(43)21-33(42)39-18-14-25-5-8-28(41)9-6-25/h5-6,8-9,23-24,26-27,29-32,35,41H,7,10-22H2,1-4H3,(H,39,42)(H,40,43)/t23-,24+,26-,27+,29-,30+,31+,32+,35+,36+,37+,38-/m1/s1. The number of amides is 2. The summed E-state index contributed by atoms with van der Waals surface area (Å²) in [4.78, 5) is 25.3. The summed E-state index contributed by atoms with van der Waals surface area (Å²) >= 11 is 0. The number of rotatable bonds is 6. The van der Waals surface area contributed by atoms with Gasteiger partial charge in [-0.3, -0.25) is 9.59 Å². The predicted molar refractivity (Wildman–Crippen MR) is 173 cm³/mol. The predicted octanol–water partition coefficient (Wildman–Crippen LogP) is 6.37. The number of fused-ring (bicyclic) bond motifs is 7. The number of phenols is 1. The van der Waals surface area contributed by atoms with Gasteiger partial charge < -0.3 is 25.2 Å². The average molecular weight is 621 g/mol. The Hall–Kier alpha value is -2.12. The molecule has 12 atom stereocenters. The Morgan fingerprint density at radius 3 is 2.44 bits per heavy atom. The summed E-state index contributed by atoms with van der Waals surface area (Å²) in [6.45, 7) is 11.3. The molecule has 45 heavy (non-hydrogen) atoms. The van der Waals surface area contributed by atoms with E-state index in [1.165, 1.54) is 44.9 Å².